The zero-order chi connectivity index (χ0) is 31.1. The highest BCUT2D eigenvalue weighted by Gasteiger charge is 2.34. The van der Waals surface area contributed by atoms with Crippen LogP contribution < -0.4 is 26.6 Å². The number of hydrogen-bond donors (Lipinski definition) is 8. The number of fused-ring (bicyclic) bond motifs is 1. The number of rotatable bonds is 13. The van der Waals surface area contributed by atoms with E-state index in [2.05, 4.69) is 41.5 Å². The largest absolute Gasteiger partial charge is 0.394 e. The van der Waals surface area contributed by atoms with E-state index in [1.165, 1.54) is 12.5 Å². The predicted molar refractivity (Wildman–Crippen MR) is 159 cm³/mol. The number of para-hydroxylation sites is 1. The molecule has 0 unspecified atom stereocenters. The van der Waals surface area contributed by atoms with Crippen molar-refractivity contribution in [2.24, 2.45) is 0 Å². The van der Waals surface area contributed by atoms with Gasteiger partial charge >= 0.3 is 0 Å². The molecular weight excluding hydrogens is 568 g/mol. The fraction of sp³-hybridized carbons (Fsp3) is 0.467. The molecule has 1 aromatic carbocycles. The predicted octanol–water partition coefficient (Wildman–Crippen LogP) is -0.540. The maximum atomic E-state index is 13.7. The Bertz CT molecular complexity index is 1480. The first-order chi connectivity index (χ1) is 21.3. The zero-order valence-electron chi connectivity index (χ0n) is 24.2. The van der Waals surface area contributed by atoms with Gasteiger partial charge in [0.15, 0.2) is 0 Å². The van der Waals surface area contributed by atoms with Crippen LogP contribution in [0.1, 0.15) is 49.8 Å². The summed E-state index contributed by atoms with van der Waals surface area (Å²) in [5.74, 6) is -2.57. The van der Waals surface area contributed by atoms with Crippen LogP contribution >= 0.6 is 0 Å². The standard InChI is InChI=1S/C30H38N8O6/c39-15-25(30(44)34-18-5-1-2-6-18)38-28(42)23(11-17-13-32-21-8-4-3-7-20(17)21)36-29(43)24(12-19-14-31-16-33-19)37-27(41)22-9-10-26(40)35-22/h3-4,7-8,13-14,16,18,22-25,32,39H,1-2,5-6,9-12,15H2,(H,31,33)(H,34,44)(H,35,40)(H,36,43)(H,37,41)(H,38,42)/t22-,23-,24-,25-/m0/s1. The number of aliphatic hydroxyl groups excluding tert-OH is 1. The Kier molecular flexibility index (Phi) is 9.89. The SMILES string of the molecule is O=C1CC[C@@H](C(=O)N[C@@H](Cc2cnc[nH]2)C(=O)N[C@@H](Cc2c[nH]c3ccccc23)C(=O)N[C@@H](CO)C(=O)NC2CCCC2)N1. The molecule has 2 aliphatic rings. The van der Waals surface area contributed by atoms with Gasteiger partial charge in [0.05, 0.1) is 12.9 Å². The number of amides is 5. The van der Waals surface area contributed by atoms with E-state index in [1.807, 2.05) is 24.3 Å². The van der Waals surface area contributed by atoms with E-state index in [-0.39, 0.29) is 31.2 Å². The highest BCUT2D eigenvalue weighted by atomic mass is 16.3. The number of nitrogens with zero attached hydrogens (tertiary/aromatic N) is 1. The molecule has 3 heterocycles. The van der Waals surface area contributed by atoms with Crippen LogP contribution in [0, 0.1) is 0 Å². The number of nitrogens with one attached hydrogen (secondary N) is 7. The van der Waals surface area contributed by atoms with Crippen molar-refractivity contribution in [1.29, 1.82) is 0 Å². The Balaban J connectivity index is 1.35. The Morgan fingerprint density at radius 2 is 1.64 bits per heavy atom. The summed E-state index contributed by atoms with van der Waals surface area (Å²) < 4.78 is 0. The number of hydrogen-bond acceptors (Lipinski definition) is 7. The van der Waals surface area contributed by atoms with Crippen LogP contribution in [0.2, 0.25) is 0 Å². The third kappa shape index (κ3) is 7.61. The van der Waals surface area contributed by atoms with Crippen molar-refractivity contribution in [3.8, 4) is 0 Å². The zero-order valence-corrected chi connectivity index (χ0v) is 24.2. The van der Waals surface area contributed by atoms with Gasteiger partial charge in [-0.25, -0.2) is 4.98 Å². The molecule has 44 heavy (non-hydrogen) atoms. The lowest BCUT2D eigenvalue weighted by molar-refractivity contribution is -0.134. The smallest absolute Gasteiger partial charge is 0.245 e. The molecule has 14 heteroatoms. The molecule has 234 valence electrons. The molecule has 0 bridgehead atoms. The van der Waals surface area contributed by atoms with E-state index >= 15 is 0 Å². The van der Waals surface area contributed by atoms with Crippen molar-refractivity contribution in [1.82, 2.24) is 41.5 Å². The number of aromatic nitrogens is 3. The van der Waals surface area contributed by atoms with Crippen LogP contribution in [-0.4, -0.2) is 86.4 Å². The minimum atomic E-state index is -1.21. The number of benzene rings is 1. The number of aromatic amines is 2. The molecule has 8 N–H and O–H groups in total. The Labute approximate surface area is 253 Å². The van der Waals surface area contributed by atoms with E-state index in [1.54, 1.807) is 6.20 Å². The second-order valence-corrected chi connectivity index (χ2v) is 11.4. The van der Waals surface area contributed by atoms with Gasteiger partial charge in [-0.3, -0.25) is 24.0 Å². The van der Waals surface area contributed by atoms with E-state index in [9.17, 15) is 29.1 Å². The van der Waals surface area contributed by atoms with Gasteiger partial charge < -0.3 is 41.7 Å². The highest BCUT2D eigenvalue weighted by Crippen LogP contribution is 2.20. The summed E-state index contributed by atoms with van der Waals surface area (Å²) in [5.41, 5.74) is 2.17. The van der Waals surface area contributed by atoms with E-state index in [4.69, 9.17) is 0 Å². The van der Waals surface area contributed by atoms with Crippen molar-refractivity contribution in [2.75, 3.05) is 6.61 Å². The van der Waals surface area contributed by atoms with Crippen molar-refractivity contribution < 1.29 is 29.1 Å². The number of carbonyl (C=O) groups is 5. The first-order valence-corrected chi connectivity index (χ1v) is 14.9. The average Bonchev–Trinajstić information content (AvgIpc) is 3.84. The number of H-pyrrole nitrogens is 2. The molecule has 3 aromatic rings. The van der Waals surface area contributed by atoms with Crippen LogP contribution in [0.4, 0.5) is 0 Å². The summed E-state index contributed by atoms with van der Waals surface area (Å²) in [4.78, 5) is 75.0. The molecule has 1 saturated heterocycles. The summed E-state index contributed by atoms with van der Waals surface area (Å²) in [7, 11) is 0. The van der Waals surface area contributed by atoms with Crippen LogP contribution in [-0.2, 0) is 36.8 Å². The Morgan fingerprint density at radius 1 is 0.909 bits per heavy atom. The fourth-order valence-corrected chi connectivity index (χ4v) is 5.75. The van der Waals surface area contributed by atoms with Crippen molar-refractivity contribution in [2.45, 2.75) is 81.6 Å². The van der Waals surface area contributed by atoms with Crippen molar-refractivity contribution >= 4 is 40.4 Å². The number of aliphatic hydroxyl groups is 1. The third-order valence-electron chi connectivity index (χ3n) is 8.17. The topological polar surface area (TPSA) is 210 Å². The molecule has 5 rings (SSSR count). The first-order valence-electron chi connectivity index (χ1n) is 14.9. The number of carbonyl (C=O) groups excluding carboxylic acids is 5. The fourth-order valence-electron chi connectivity index (χ4n) is 5.75. The minimum Gasteiger partial charge on any atom is -0.394 e. The average molecular weight is 607 g/mol. The van der Waals surface area contributed by atoms with Crippen LogP contribution in [0.3, 0.4) is 0 Å². The Hall–Kier alpha value is -4.72. The van der Waals surface area contributed by atoms with E-state index in [0.29, 0.717) is 12.1 Å². The molecule has 4 atom stereocenters. The molecule has 0 spiro atoms. The maximum absolute atomic E-state index is 13.7. The van der Waals surface area contributed by atoms with Gasteiger partial charge in [0.1, 0.15) is 24.2 Å². The maximum Gasteiger partial charge on any atom is 0.245 e. The van der Waals surface area contributed by atoms with Gasteiger partial charge in [0, 0.05) is 54.3 Å². The van der Waals surface area contributed by atoms with Gasteiger partial charge in [-0.15, -0.1) is 0 Å². The summed E-state index contributed by atoms with van der Waals surface area (Å²) >= 11 is 0. The van der Waals surface area contributed by atoms with Crippen LogP contribution in [0.15, 0.2) is 43.0 Å². The van der Waals surface area contributed by atoms with Gasteiger partial charge in [-0.05, 0) is 30.9 Å². The molecule has 14 nitrogen and oxygen atoms in total. The molecular formula is C30H38N8O6. The molecule has 1 saturated carbocycles. The normalized spacial score (nSPS) is 18.8. The van der Waals surface area contributed by atoms with E-state index < -0.39 is 54.4 Å². The monoisotopic (exact) mass is 606 g/mol. The van der Waals surface area contributed by atoms with Gasteiger partial charge in [-0.2, -0.15) is 0 Å². The summed E-state index contributed by atoms with van der Waals surface area (Å²) in [5, 5.41) is 24.4. The van der Waals surface area contributed by atoms with Gasteiger partial charge in [-0.1, -0.05) is 31.0 Å². The summed E-state index contributed by atoms with van der Waals surface area (Å²) in [6.45, 7) is -0.621. The lowest BCUT2D eigenvalue weighted by Gasteiger charge is -2.26. The summed E-state index contributed by atoms with van der Waals surface area (Å²) in [6, 6.07) is 3.25. The highest BCUT2D eigenvalue weighted by molar-refractivity contribution is 5.97. The third-order valence-corrected chi connectivity index (χ3v) is 8.17. The van der Waals surface area contributed by atoms with Crippen LogP contribution in [0.5, 0.6) is 0 Å². The van der Waals surface area contributed by atoms with Gasteiger partial charge in [0.25, 0.3) is 0 Å². The molecule has 0 radical (unpaired) electrons. The lowest BCUT2D eigenvalue weighted by Crippen LogP contribution is -2.59. The molecule has 1 aliphatic heterocycles. The van der Waals surface area contributed by atoms with Gasteiger partial charge in [0.2, 0.25) is 29.5 Å². The summed E-state index contributed by atoms with van der Waals surface area (Å²) in [6.07, 6.45) is 9.03. The lowest BCUT2D eigenvalue weighted by atomic mass is 10.0. The second-order valence-electron chi connectivity index (χ2n) is 11.4. The van der Waals surface area contributed by atoms with E-state index in [0.717, 1.165) is 42.1 Å². The van der Waals surface area contributed by atoms with Crippen LogP contribution in [0.25, 0.3) is 10.9 Å². The molecule has 5 amide bonds. The first kappa shape index (κ1) is 30.7. The van der Waals surface area contributed by atoms with Crippen molar-refractivity contribution in [3.63, 3.8) is 0 Å². The second kappa shape index (κ2) is 14.2. The molecule has 1 aliphatic carbocycles. The molecule has 2 aromatic heterocycles. The Morgan fingerprint density at radius 3 is 2.32 bits per heavy atom. The molecule has 2 fully saturated rings. The number of imidazole rings is 1. The quantitative estimate of drug-likeness (QED) is 0.127. The minimum absolute atomic E-state index is 0.00771. The van der Waals surface area contributed by atoms with Crippen molar-refractivity contribution in [3.05, 3.63) is 54.2 Å².